The molecule has 2 rings (SSSR count). The van der Waals surface area contributed by atoms with E-state index in [1.165, 1.54) is 0 Å². The van der Waals surface area contributed by atoms with E-state index in [-0.39, 0.29) is 18.3 Å². The van der Waals surface area contributed by atoms with Crippen LogP contribution in [-0.2, 0) is 4.79 Å². The minimum Gasteiger partial charge on any atom is -0.305 e. The van der Waals surface area contributed by atoms with Crippen LogP contribution >= 0.6 is 12.4 Å². The first-order valence-electron chi connectivity index (χ1n) is 4.68. The molecule has 0 aliphatic carbocycles. The van der Waals surface area contributed by atoms with Gasteiger partial charge in [0.15, 0.2) is 5.71 Å². The largest absolute Gasteiger partial charge is 0.305 e. The van der Waals surface area contributed by atoms with E-state index in [0.717, 1.165) is 12.1 Å². The number of hydrogen-bond donors (Lipinski definition) is 0. The van der Waals surface area contributed by atoms with Crippen molar-refractivity contribution in [1.29, 1.82) is 0 Å². The molecule has 0 saturated carbocycles. The highest BCUT2D eigenvalue weighted by Crippen LogP contribution is 2.15. The maximum absolute atomic E-state index is 11.5. The smallest absolute Gasteiger partial charge is 0.299 e. The molecule has 2 heterocycles. The molecule has 0 spiro atoms. The van der Waals surface area contributed by atoms with Crippen molar-refractivity contribution in [2.45, 2.75) is 6.92 Å². The molecule has 1 amide bonds. The van der Waals surface area contributed by atoms with Crippen LogP contribution in [0.3, 0.4) is 0 Å². The maximum atomic E-state index is 11.5. The van der Waals surface area contributed by atoms with E-state index in [9.17, 15) is 4.79 Å². The number of halogens is 1. The fourth-order valence-corrected chi connectivity index (χ4v) is 1.54. The second-order valence-corrected chi connectivity index (χ2v) is 3.79. The van der Waals surface area contributed by atoms with E-state index < -0.39 is 0 Å². The van der Waals surface area contributed by atoms with E-state index in [2.05, 4.69) is 15.0 Å². The zero-order chi connectivity index (χ0) is 11.0. The van der Waals surface area contributed by atoms with Crippen molar-refractivity contribution >= 4 is 35.6 Å². The molecular formula is C10H13ClN4O. The fraction of sp³-hybridized carbons (Fsp3) is 0.400. The Labute approximate surface area is 100 Å². The van der Waals surface area contributed by atoms with Gasteiger partial charge in [0.2, 0.25) is 0 Å². The lowest BCUT2D eigenvalue weighted by Gasteiger charge is -2.13. The van der Waals surface area contributed by atoms with E-state index >= 15 is 0 Å². The number of rotatable bonds is 2. The summed E-state index contributed by atoms with van der Waals surface area (Å²) < 4.78 is 0. The van der Waals surface area contributed by atoms with Crippen LogP contribution in [0.15, 0.2) is 26.8 Å². The van der Waals surface area contributed by atoms with Gasteiger partial charge in [-0.25, -0.2) is 9.98 Å². The number of fused-ring (bicyclic) bond motifs is 1. The molecule has 0 radical (unpaired) electrons. The molecule has 0 saturated heterocycles. The van der Waals surface area contributed by atoms with Gasteiger partial charge in [0.1, 0.15) is 11.5 Å². The van der Waals surface area contributed by atoms with E-state index in [1.807, 2.05) is 19.0 Å². The molecule has 0 unspecified atom stereocenters. The third-order valence-electron chi connectivity index (χ3n) is 2.10. The van der Waals surface area contributed by atoms with Gasteiger partial charge in [0.05, 0.1) is 0 Å². The van der Waals surface area contributed by atoms with Gasteiger partial charge in [0, 0.05) is 18.3 Å². The van der Waals surface area contributed by atoms with Gasteiger partial charge in [-0.1, -0.05) is 0 Å². The monoisotopic (exact) mass is 240 g/mol. The van der Waals surface area contributed by atoms with Crippen molar-refractivity contribution in [3.05, 3.63) is 11.8 Å². The molecule has 0 aromatic carbocycles. The predicted molar refractivity (Wildman–Crippen MR) is 66.9 cm³/mol. The second kappa shape index (κ2) is 4.67. The van der Waals surface area contributed by atoms with E-state index in [0.29, 0.717) is 17.3 Å². The summed E-state index contributed by atoms with van der Waals surface area (Å²) in [5.74, 6) is 0.211. The van der Waals surface area contributed by atoms with Crippen molar-refractivity contribution in [1.82, 2.24) is 4.90 Å². The summed E-state index contributed by atoms with van der Waals surface area (Å²) in [6.07, 6.45) is 1.69. The molecule has 0 fully saturated rings. The second-order valence-electron chi connectivity index (χ2n) is 3.79. The first-order valence-corrected chi connectivity index (χ1v) is 4.68. The molecule has 2 aliphatic rings. The molecule has 0 N–H and O–H groups in total. The van der Waals surface area contributed by atoms with Crippen LogP contribution in [0.25, 0.3) is 0 Å². The van der Waals surface area contributed by atoms with Gasteiger partial charge in [0.25, 0.3) is 5.91 Å². The predicted octanol–water partition coefficient (Wildman–Crippen LogP) is 0.708. The van der Waals surface area contributed by atoms with Crippen LogP contribution in [0.1, 0.15) is 6.92 Å². The third-order valence-corrected chi connectivity index (χ3v) is 2.10. The van der Waals surface area contributed by atoms with Crippen LogP contribution in [0.2, 0.25) is 0 Å². The number of aliphatic imine (C=N–C) groups is 3. The van der Waals surface area contributed by atoms with Crippen molar-refractivity contribution in [2.75, 3.05) is 20.6 Å². The molecule has 0 atom stereocenters. The number of amides is 1. The standard InChI is InChI=1S/C10H12N4O.ClH/c1-6-12-8-7(5-14(2)3)4-11-9(8)10(15)13-6;/h4H,5H2,1-3H3;1H. The van der Waals surface area contributed by atoms with Crippen LogP contribution < -0.4 is 0 Å². The Morgan fingerprint density at radius 3 is 2.56 bits per heavy atom. The van der Waals surface area contributed by atoms with Gasteiger partial charge in [-0.05, 0) is 21.0 Å². The molecule has 2 aliphatic heterocycles. The number of hydrogen-bond acceptors (Lipinski definition) is 4. The Balaban J connectivity index is 0.00000128. The average Bonchev–Trinajstić information content (AvgIpc) is 2.48. The van der Waals surface area contributed by atoms with Crippen LogP contribution in [0, 0.1) is 0 Å². The van der Waals surface area contributed by atoms with Gasteiger partial charge < -0.3 is 4.90 Å². The first kappa shape index (κ1) is 12.7. The number of nitrogens with zero attached hydrogens (tertiary/aromatic N) is 4. The zero-order valence-electron chi connectivity index (χ0n) is 9.39. The first-order chi connectivity index (χ1) is 7.08. The van der Waals surface area contributed by atoms with E-state index in [4.69, 9.17) is 0 Å². The van der Waals surface area contributed by atoms with Gasteiger partial charge in [-0.2, -0.15) is 4.99 Å². The lowest BCUT2D eigenvalue weighted by molar-refractivity contribution is -0.111. The fourth-order valence-electron chi connectivity index (χ4n) is 1.54. The summed E-state index contributed by atoms with van der Waals surface area (Å²) in [4.78, 5) is 25.5. The Morgan fingerprint density at radius 2 is 1.94 bits per heavy atom. The maximum Gasteiger partial charge on any atom is 0.299 e. The van der Waals surface area contributed by atoms with E-state index in [1.54, 1.807) is 13.1 Å². The van der Waals surface area contributed by atoms with Crippen molar-refractivity contribution in [2.24, 2.45) is 15.0 Å². The molecule has 6 heteroatoms. The SMILES string of the molecule is CC1=NC(=O)C2=NC=C(CN(C)C)C2=N1.Cl. The van der Waals surface area contributed by atoms with Crippen molar-refractivity contribution < 1.29 is 4.79 Å². The van der Waals surface area contributed by atoms with Crippen LogP contribution in [0.4, 0.5) is 0 Å². The van der Waals surface area contributed by atoms with Gasteiger partial charge in [-0.3, -0.25) is 4.79 Å². The highest BCUT2D eigenvalue weighted by Gasteiger charge is 2.28. The molecule has 0 aromatic rings. The summed E-state index contributed by atoms with van der Waals surface area (Å²) in [6, 6.07) is 0. The zero-order valence-corrected chi connectivity index (χ0v) is 10.2. The summed E-state index contributed by atoms with van der Waals surface area (Å²) in [7, 11) is 3.93. The molecule has 86 valence electrons. The summed E-state index contributed by atoms with van der Waals surface area (Å²) in [5.41, 5.74) is 2.02. The summed E-state index contributed by atoms with van der Waals surface area (Å²) >= 11 is 0. The normalized spacial score (nSPS) is 18.4. The highest BCUT2D eigenvalue weighted by molar-refractivity contribution is 6.73. The quantitative estimate of drug-likeness (QED) is 0.714. The Hall–Kier alpha value is -1.33. The van der Waals surface area contributed by atoms with Crippen molar-refractivity contribution in [3.63, 3.8) is 0 Å². The molecule has 5 nitrogen and oxygen atoms in total. The minimum atomic E-state index is -0.289. The molecule has 16 heavy (non-hydrogen) atoms. The Bertz CT molecular complexity index is 446. The third kappa shape index (κ3) is 2.25. The summed E-state index contributed by atoms with van der Waals surface area (Å²) in [6.45, 7) is 2.44. The number of carbonyl (C=O) groups is 1. The average molecular weight is 241 g/mol. The number of amidine groups is 1. The number of carbonyl (C=O) groups excluding carboxylic acids is 1. The molecule has 0 bridgehead atoms. The van der Waals surface area contributed by atoms with Crippen LogP contribution in [-0.4, -0.2) is 48.7 Å². The molecule has 0 aromatic heterocycles. The lowest BCUT2D eigenvalue weighted by Crippen LogP contribution is -2.30. The van der Waals surface area contributed by atoms with Crippen molar-refractivity contribution in [3.8, 4) is 0 Å². The molecular weight excluding hydrogens is 228 g/mol. The summed E-state index contributed by atoms with van der Waals surface area (Å²) in [5, 5.41) is 0. The Kier molecular flexibility index (Phi) is 3.72. The topological polar surface area (TPSA) is 57.4 Å². The highest BCUT2D eigenvalue weighted by atomic mass is 35.5. The van der Waals surface area contributed by atoms with Gasteiger partial charge >= 0.3 is 0 Å². The van der Waals surface area contributed by atoms with Gasteiger partial charge in [-0.15, -0.1) is 12.4 Å². The number of likely N-dealkylation sites (N-methyl/N-ethyl adjacent to an activating group) is 1. The Morgan fingerprint density at radius 1 is 1.25 bits per heavy atom. The minimum absolute atomic E-state index is 0. The lowest BCUT2D eigenvalue weighted by atomic mass is 10.1. The van der Waals surface area contributed by atoms with Crippen LogP contribution in [0.5, 0.6) is 0 Å².